The third kappa shape index (κ3) is 6.63. The van der Waals surface area contributed by atoms with E-state index in [0.29, 0.717) is 6.42 Å². The summed E-state index contributed by atoms with van der Waals surface area (Å²) in [4.78, 5) is 11.8. The van der Waals surface area contributed by atoms with Crippen LogP contribution in [0, 0.1) is 5.92 Å². The maximum Gasteiger partial charge on any atom is 0.261 e. The fourth-order valence-corrected chi connectivity index (χ4v) is 9.33. The molecule has 0 fully saturated rings. The summed E-state index contributed by atoms with van der Waals surface area (Å²) >= 11 is 0. The van der Waals surface area contributed by atoms with Gasteiger partial charge in [0, 0.05) is 5.92 Å². The zero-order valence-corrected chi connectivity index (χ0v) is 22.0. The number of hydrogen-bond donors (Lipinski definition) is 2. The molecule has 0 radical (unpaired) electrons. The summed E-state index contributed by atoms with van der Waals surface area (Å²) in [6.45, 7) is 10.2. The first-order valence-electron chi connectivity index (χ1n) is 12.2. The van der Waals surface area contributed by atoms with Crippen LogP contribution in [0.3, 0.4) is 0 Å². The predicted octanol–water partition coefficient (Wildman–Crippen LogP) is 4.46. The van der Waals surface area contributed by atoms with Gasteiger partial charge < -0.3 is 19.4 Å². The number of unbranched alkanes of at least 4 members (excludes halogenated alkanes) is 3. The van der Waals surface area contributed by atoms with Crippen LogP contribution in [0.5, 0.6) is 0 Å². The molecular formula is C28H42O4Si. The Morgan fingerprint density at radius 1 is 0.909 bits per heavy atom. The van der Waals surface area contributed by atoms with Gasteiger partial charge in [0.1, 0.15) is 11.9 Å². The smallest absolute Gasteiger partial charge is 0.261 e. The van der Waals surface area contributed by atoms with Gasteiger partial charge in [0.05, 0.1) is 12.7 Å². The third-order valence-electron chi connectivity index (χ3n) is 6.61. The summed E-state index contributed by atoms with van der Waals surface area (Å²) in [6, 6.07) is 20.4. The van der Waals surface area contributed by atoms with Crippen molar-refractivity contribution in [3.05, 3.63) is 60.7 Å². The molecule has 3 atom stereocenters. The molecule has 0 spiro atoms. The van der Waals surface area contributed by atoms with Crippen LogP contribution >= 0.6 is 0 Å². The normalized spacial score (nSPS) is 16.1. The summed E-state index contributed by atoms with van der Waals surface area (Å²) < 4.78 is 6.80. The summed E-state index contributed by atoms with van der Waals surface area (Å²) in [5.74, 6) is -0.611. The van der Waals surface area contributed by atoms with Gasteiger partial charge in [-0.1, -0.05) is 114 Å². The zero-order chi connectivity index (χ0) is 24.5. The van der Waals surface area contributed by atoms with Gasteiger partial charge in [-0.2, -0.15) is 0 Å². The van der Waals surface area contributed by atoms with Crippen molar-refractivity contribution in [1.29, 1.82) is 0 Å². The van der Waals surface area contributed by atoms with Crippen LogP contribution in [0.15, 0.2) is 60.7 Å². The van der Waals surface area contributed by atoms with Gasteiger partial charge in [0.15, 0.2) is 0 Å². The molecule has 0 aliphatic carbocycles. The molecule has 2 N–H and O–H groups in total. The van der Waals surface area contributed by atoms with E-state index in [0.717, 1.165) is 42.3 Å². The van der Waals surface area contributed by atoms with E-state index in [4.69, 9.17) is 4.43 Å². The fourth-order valence-electron chi connectivity index (χ4n) is 4.67. The average Bonchev–Trinajstić information content (AvgIpc) is 2.79. The highest BCUT2D eigenvalue weighted by Crippen LogP contribution is 2.37. The lowest BCUT2D eigenvalue weighted by atomic mass is 9.86. The summed E-state index contributed by atoms with van der Waals surface area (Å²) in [5, 5.41) is 24.3. The lowest BCUT2D eigenvalue weighted by Gasteiger charge is -2.45. The first-order chi connectivity index (χ1) is 15.6. The minimum Gasteiger partial charge on any atom is -0.404 e. The molecule has 4 nitrogen and oxygen atoms in total. The molecule has 33 heavy (non-hydrogen) atoms. The molecule has 1 unspecified atom stereocenters. The highest BCUT2D eigenvalue weighted by Gasteiger charge is 2.51. The van der Waals surface area contributed by atoms with Gasteiger partial charge in [-0.25, -0.2) is 0 Å². The maximum atomic E-state index is 11.8. The minimum atomic E-state index is -2.85. The van der Waals surface area contributed by atoms with Crippen LogP contribution in [-0.4, -0.2) is 43.1 Å². The molecule has 2 aromatic carbocycles. The molecule has 2 aromatic rings. The standard InChI is InChI=1S/C28H42O4Si/c1-6-7-8-11-16-23(21-29)26(30)28(5,31)22-32-33(27(2,3)4,24-17-12-9-13-18-24)25-19-14-10-15-20-25/h9-10,12-15,17-21,23,26,30-31H,6-8,11,16,22H2,1-5H3/t23-,26-,28?/m1/s1. The van der Waals surface area contributed by atoms with Crippen molar-refractivity contribution in [2.75, 3.05) is 6.61 Å². The summed E-state index contributed by atoms with van der Waals surface area (Å²) in [5.41, 5.74) is -1.55. The van der Waals surface area contributed by atoms with Crippen molar-refractivity contribution in [2.24, 2.45) is 5.92 Å². The molecule has 0 aliphatic rings. The topological polar surface area (TPSA) is 66.8 Å². The second kappa shape index (κ2) is 12.1. The van der Waals surface area contributed by atoms with Gasteiger partial charge >= 0.3 is 0 Å². The molecule has 182 valence electrons. The predicted molar refractivity (Wildman–Crippen MR) is 139 cm³/mol. The van der Waals surface area contributed by atoms with Crippen LogP contribution in [0.25, 0.3) is 0 Å². The summed E-state index contributed by atoms with van der Waals surface area (Å²) in [7, 11) is -2.85. The molecule has 0 heterocycles. The summed E-state index contributed by atoms with van der Waals surface area (Å²) in [6.07, 6.45) is 4.27. The van der Waals surface area contributed by atoms with Crippen molar-refractivity contribution in [1.82, 2.24) is 0 Å². The van der Waals surface area contributed by atoms with Gasteiger partial charge in [-0.15, -0.1) is 0 Å². The van der Waals surface area contributed by atoms with Crippen LogP contribution in [0.4, 0.5) is 0 Å². The second-order valence-corrected chi connectivity index (χ2v) is 14.7. The Bertz CT molecular complexity index is 790. The highest BCUT2D eigenvalue weighted by molar-refractivity contribution is 6.99. The van der Waals surface area contributed by atoms with Crippen molar-refractivity contribution in [3.63, 3.8) is 0 Å². The first-order valence-corrected chi connectivity index (χ1v) is 14.1. The van der Waals surface area contributed by atoms with Crippen molar-refractivity contribution < 1.29 is 19.4 Å². The first kappa shape index (κ1) is 27.5. The van der Waals surface area contributed by atoms with Gasteiger partial charge in [0.2, 0.25) is 0 Å². The van der Waals surface area contributed by atoms with Gasteiger partial charge in [-0.05, 0) is 28.8 Å². The molecule has 0 saturated heterocycles. The van der Waals surface area contributed by atoms with E-state index in [1.807, 2.05) is 36.4 Å². The Kier molecular flexibility index (Phi) is 10.0. The van der Waals surface area contributed by atoms with Crippen LogP contribution in [0.1, 0.15) is 66.7 Å². The lowest BCUT2D eigenvalue weighted by molar-refractivity contribution is -0.133. The Morgan fingerprint density at radius 2 is 1.42 bits per heavy atom. The number of carbonyl (C=O) groups is 1. The van der Waals surface area contributed by atoms with Crippen LogP contribution in [-0.2, 0) is 9.22 Å². The van der Waals surface area contributed by atoms with Crippen LogP contribution < -0.4 is 10.4 Å². The zero-order valence-electron chi connectivity index (χ0n) is 21.0. The number of aliphatic hydroxyl groups excluding tert-OH is 1. The van der Waals surface area contributed by atoms with Crippen molar-refractivity contribution in [3.8, 4) is 0 Å². The molecule has 0 aromatic heterocycles. The molecule has 0 saturated carbocycles. The van der Waals surface area contributed by atoms with E-state index < -0.39 is 25.9 Å². The van der Waals surface area contributed by atoms with E-state index in [1.165, 1.54) is 0 Å². The molecule has 0 aliphatic heterocycles. The highest BCUT2D eigenvalue weighted by atomic mass is 28.4. The Balaban J connectivity index is 2.36. The average molecular weight is 471 g/mol. The Labute approximate surface area is 201 Å². The van der Waals surface area contributed by atoms with E-state index in [1.54, 1.807) is 6.92 Å². The van der Waals surface area contributed by atoms with Crippen molar-refractivity contribution >= 4 is 25.0 Å². The van der Waals surface area contributed by atoms with Crippen molar-refractivity contribution in [2.45, 2.75) is 83.5 Å². The SMILES string of the molecule is CCCCCC[C@H](C=O)[C@@H](O)C(C)(O)CO[Si](c1ccccc1)(c1ccccc1)C(C)(C)C. The van der Waals surface area contributed by atoms with E-state index >= 15 is 0 Å². The molecule has 2 rings (SSSR count). The number of hydrogen-bond acceptors (Lipinski definition) is 4. The minimum absolute atomic E-state index is 0.0548. The molecular weight excluding hydrogens is 428 g/mol. The lowest BCUT2D eigenvalue weighted by Crippen LogP contribution is -2.68. The maximum absolute atomic E-state index is 11.8. The van der Waals surface area contributed by atoms with Crippen LogP contribution in [0.2, 0.25) is 5.04 Å². The van der Waals surface area contributed by atoms with Gasteiger partial charge in [0.25, 0.3) is 8.32 Å². The van der Waals surface area contributed by atoms with E-state index in [9.17, 15) is 15.0 Å². The third-order valence-corrected chi connectivity index (χ3v) is 11.6. The van der Waals surface area contributed by atoms with E-state index in [2.05, 4.69) is 52.0 Å². The number of aldehydes is 1. The molecule has 0 amide bonds. The second-order valence-electron chi connectivity index (χ2n) is 10.4. The molecule has 0 bridgehead atoms. The number of aliphatic hydroxyl groups is 2. The largest absolute Gasteiger partial charge is 0.404 e. The quantitative estimate of drug-likeness (QED) is 0.258. The Hall–Kier alpha value is -1.79. The van der Waals surface area contributed by atoms with Gasteiger partial charge in [-0.3, -0.25) is 0 Å². The number of carbonyl (C=O) groups excluding carboxylic acids is 1. The monoisotopic (exact) mass is 470 g/mol. The number of rotatable bonds is 13. The van der Waals surface area contributed by atoms with E-state index in [-0.39, 0.29) is 11.6 Å². The number of benzene rings is 2. The Morgan fingerprint density at radius 3 is 1.85 bits per heavy atom. The molecule has 5 heteroatoms. The fraction of sp³-hybridized carbons (Fsp3) is 0.536.